The molecule has 0 radical (unpaired) electrons. The smallest absolute Gasteiger partial charge is 0.268 e. The largest absolute Gasteiger partial charge is 0.341 e. The summed E-state index contributed by atoms with van der Waals surface area (Å²) in [5.74, 6) is 0.184. The molecule has 3 N–H and O–H groups in total. The van der Waals surface area contributed by atoms with E-state index in [1.54, 1.807) is 6.92 Å². The minimum atomic E-state index is -0.369. The van der Waals surface area contributed by atoms with Gasteiger partial charge in [0.15, 0.2) is 0 Å². The van der Waals surface area contributed by atoms with E-state index >= 15 is 0 Å². The molecule has 2 aromatic rings. The molecule has 0 aliphatic rings. The highest BCUT2D eigenvalue weighted by atomic mass is 16.2. The van der Waals surface area contributed by atoms with Crippen molar-refractivity contribution < 1.29 is 4.79 Å². The van der Waals surface area contributed by atoms with Gasteiger partial charge in [0.1, 0.15) is 17.8 Å². The zero-order chi connectivity index (χ0) is 12.3. The molecule has 17 heavy (non-hydrogen) atoms. The SMILES string of the molecule is CC(NC(=O)c1cccc(=O)[nH]1)c1ncn[nH]1. The summed E-state index contributed by atoms with van der Waals surface area (Å²) in [5, 5.41) is 9.03. The Kier molecular flexibility index (Phi) is 2.99. The molecule has 2 rings (SSSR count). The van der Waals surface area contributed by atoms with Crippen molar-refractivity contribution in [2.75, 3.05) is 0 Å². The van der Waals surface area contributed by atoms with Gasteiger partial charge in [-0.15, -0.1) is 0 Å². The number of hydrogen-bond donors (Lipinski definition) is 3. The second kappa shape index (κ2) is 4.60. The highest BCUT2D eigenvalue weighted by Crippen LogP contribution is 2.04. The van der Waals surface area contributed by atoms with Crippen LogP contribution in [0.3, 0.4) is 0 Å². The van der Waals surface area contributed by atoms with E-state index in [-0.39, 0.29) is 23.2 Å². The maximum absolute atomic E-state index is 11.8. The van der Waals surface area contributed by atoms with Crippen molar-refractivity contribution in [3.05, 3.63) is 46.4 Å². The van der Waals surface area contributed by atoms with Crippen LogP contribution in [0.2, 0.25) is 0 Å². The van der Waals surface area contributed by atoms with Crippen molar-refractivity contribution in [3.63, 3.8) is 0 Å². The summed E-state index contributed by atoms with van der Waals surface area (Å²) in [6.45, 7) is 1.76. The standard InChI is InChI=1S/C10H11N5O2/c1-6(9-11-5-12-15-9)13-10(17)7-3-2-4-8(16)14-7/h2-6H,1H3,(H,13,17)(H,14,16)(H,11,12,15). The second-order valence-electron chi connectivity index (χ2n) is 3.49. The number of nitrogens with zero attached hydrogens (tertiary/aromatic N) is 2. The first-order chi connectivity index (χ1) is 8.16. The molecule has 1 unspecified atom stereocenters. The van der Waals surface area contributed by atoms with Crippen molar-refractivity contribution in [1.29, 1.82) is 0 Å². The topological polar surface area (TPSA) is 104 Å². The molecule has 1 amide bonds. The number of rotatable bonds is 3. The molecule has 2 heterocycles. The summed E-state index contributed by atoms with van der Waals surface area (Å²) < 4.78 is 0. The number of aromatic nitrogens is 4. The lowest BCUT2D eigenvalue weighted by molar-refractivity contribution is 0.0933. The van der Waals surface area contributed by atoms with Crippen molar-refractivity contribution in [3.8, 4) is 0 Å². The molecule has 0 aliphatic heterocycles. The van der Waals surface area contributed by atoms with Crippen LogP contribution in [0.4, 0.5) is 0 Å². The molecule has 2 aromatic heterocycles. The van der Waals surface area contributed by atoms with Gasteiger partial charge in [-0.05, 0) is 13.0 Å². The van der Waals surface area contributed by atoms with E-state index in [4.69, 9.17) is 0 Å². The van der Waals surface area contributed by atoms with Crippen LogP contribution in [-0.4, -0.2) is 26.1 Å². The highest BCUT2D eigenvalue weighted by Gasteiger charge is 2.13. The van der Waals surface area contributed by atoms with Gasteiger partial charge in [-0.2, -0.15) is 5.10 Å². The first-order valence-corrected chi connectivity index (χ1v) is 5.02. The molecule has 88 valence electrons. The molecule has 0 saturated carbocycles. The number of carbonyl (C=O) groups is 1. The Hall–Kier alpha value is -2.44. The summed E-state index contributed by atoms with van der Waals surface area (Å²) in [5.41, 5.74) is -0.103. The van der Waals surface area contributed by atoms with Crippen LogP contribution >= 0.6 is 0 Å². The minimum absolute atomic E-state index is 0.212. The normalized spacial score (nSPS) is 12.1. The number of H-pyrrole nitrogens is 2. The number of amides is 1. The molecule has 7 nitrogen and oxygen atoms in total. The Labute approximate surface area is 96.3 Å². The summed E-state index contributed by atoms with van der Waals surface area (Å²) in [4.78, 5) is 29.2. The lowest BCUT2D eigenvalue weighted by Gasteiger charge is -2.10. The molecule has 1 atom stereocenters. The fraction of sp³-hybridized carbons (Fsp3) is 0.200. The van der Waals surface area contributed by atoms with E-state index < -0.39 is 0 Å². The van der Waals surface area contributed by atoms with E-state index in [0.717, 1.165) is 0 Å². The van der Waals surface area contributed by atoms with E-state index in [2.05, 4.69) is 25.5 Å². The Morgan fingerprint density at radius 1 is 1.47 bits per heavy atom. The molecule has 7 heteroatoms. The molecule has 0 fully saturated rings. The van der Waals surface area contributed by atoms with E-state index in [9.17, 15) is 9.59 Å². The molecule has 0 saturated heterocycles. The summed E-state index contributed by atoms with van der Waals surface area (Å²) in [6.07, 6.45) is 1.36. The van der Waals surface area contributed by atoms with E-state index in [0.29, 0.717) is 5.82 Å². The van der Waals surface area contributed by atoms with Gasteiger partial charge in [-0.3, -0.25) is 14.7 Å². The van der Waals surface area contributed by atoms with Gasteiger partial charge in [-0.1, -0.05) is 6.07 Å². The molecule has 0 bridgehead atoms. The zero-order valence-corrected chi connectivity index (χ0v) is 9.10. The third-order valence-corrected chi connectivity index (χ3v) is 2.20. The van der Waals surface area contributed by atoms with Gasteiger partial charge in [-0.25, -0.2) is 4.98 Å². The van der Waals surface area contributed by atoms with Crippen molar-refractivity contribution in [1.82, 2.24) is 25.5 Å². The average molecular weight is 233 g/mol. The van der Waals surface area contributed by atoms with Crippen LogP contribution in [0.5, 0.6) is 0 Å². The molecule has 0 aliphatic carbocycles. The van der Waals surface area contributed by atoms with Crippen LogP contribution < -0.4 is 10.9 Å². The highest BCUT2D eigenvalue weighted by molar-refractivity contribution is 5.92. The Balaban J connectivity index is 2.10. The number of nitrogens with one attached hydrogen (secondary N) is 3. The maximum atomic E-state index is 11.8. The molecule has 0 aromatic carbocycles. The number of carbonyl (C=O) groups excluding carboxylic acids is 1. The van der Waals surface area contributed by atoms with Crippen molar-refractivity contribution >= 4 is 5.91 Å². The third kappa shape index (κ3) is 2.57. The van der Waals surface area contributed by atoms with E-state index in [1.165, 1.54) is 24.5 Å². The quantitative estimate of drug-likeness (QED) is 0.693. The summed E-state index contributed by atoms with van der Waals surface area (Å²) in [7, 11) is 0. The number of pyridine rings is 1. The Bertz CT molecular complexity index is 560. The van der Waals surface area contributed by atoms with Gasteiger partial charge in [0.05, 0.1) is 6.04 Å². The monoisotopic (exact) mass is 233 g/mol. The van der Waals surface area contributed by atoms with Crippen LogP contribution in [-0.2, 0) is 0 Å². The summed E-state index contributed by atoms with van der Waals surface area (Å²) >= 11 is 0. The lowest BCUT2D eigenvalue weighted by Crippen LogP contribution is -2.29. The van der Waals surface area contributed by atoms with Gasteiger partial charge in [0, 0.05) is 6.07 Å². The zero-order valence-electron chi connectivity index (χ0n) is 9.10. The average Bonchev–Trinajstić information content (AvgIpc) is 2.82. The third-order valence-electron chi connectivity index (χ3n) is 2.20. The fourth-order valence-electron chi connectivity index (χ4n) is 1.35. The molecular weight excluding hydrogens is 222 g/mol. The van der Waals surface area contributed by atoms with Gasteiger partial charge in [0.25, 0.3) is 5.91 Å². The van der Waals surface area contributed by atoms with E-state index in [1.807, 2.05) is 0 Å². The predicted octanol–water partition coefficient (Wildman–Crippen LogP) is -0.0160. The predicted molar refractivity (Wildman–Crippen MR) is 59.3 cm³/mol. The molecular formula is C10H11N5O2. The lowest BCUT2D eigenvalue weighted by atomic mass is 10.3. The van der Waals surface area contributed by atoms with Gasteiger partial charge < -0.3 is 10.3 Å². The first-order valence-electron chi connectivity index (χ1n) is 5.02. The summed E-state index contributed by atoms with van der Waals surface area (Å²) in [6, 6.07) is 4.08. The van der Waals surface area contributed by atoms with Crippen molar-refractivity contribution in [2.45, 2.75) is 13.0 Å². The molecule has 0 spiro atoms. The van der Waals surface area contributed by atoms with Crippen LogP contribution in [0.1, 0.15) is 29.3 Å². The van der Waals surface area contributed by atoms with Gasteiger partial charge >= 0.3 is 0 Å². The minimum Gasteiger partial charge on any atom is -0.341 e. The number of hydrogen-bond acceptors (Lipinski definition) is 4. The Morgan fingerprint density at radius 2 is 2.29 bits per heavy atom. The number of aromatic amines is 2. The van der Waals surface area contributed by atoms with Crippen LogP contribution in [0.25, 0.3) is 0 Å². The Morgan fingerprint density at radius 3 is 2.94 bits per heavy atom. The van der Waals surface area contributed by atoms with Gasteiger partial charge in [0.2, 0.25) is 5.56 Å². The second-order valence-corrected chi connectivity index (χ2v) is 3.49. The van der Waals surface area contributed by atoms with Crippen LogP contribution in [0.15, 0.2) is 29.3 Å². The fourth-order valence-corrected chi connectivity index (χ4v) is 1.35. The van der Waals surface area contributed by atoms with Crippen molar-refractivity contribution in [2.24, 2.45) is 0 Å². The maximum Gasteiger partial charge on any atom is 0.268 e. The van der Waals surface area contributed by atoms with Crippen LogP contribution in [0, 0.1) is 0 Å². The first kappa shape index (κ1) is 11.1.